The van der Waals surface area contributed by atoms with E-state index in [-0.39, 0.29) is 6.04 Å². The first kappa shape index (κ1) is 12.9. The second-order valence-electron chi connectivity index (χ2n) is 4.57. The van der Waals surface area contributed by atoms with Gasteiger partial charge in [0.2, 0.25) is 0 Å². The molecule has 0 saturated carbocycles. The third-order valence-corrected chi connectivity index (χ3v) is 3.70. The Kier molecular flexibility index (Phi) is 4.13. The highest BCUT2D eigenvalue weighted by atomic mass is 35.5. The number of hydrogen-bond donors (Lipinski definition) is 1. The van der Waals surface area contributed by atoms with Gasteiger partial charge in [0.15, 0.2) is 0 Å². The second-order valence-corrected chi connectivity index (χ2v) is 5.42. The van der Waals surface area contributed by atoms with Gasteiger partial charge in [-0.25, -0.2) is 4.98 Å². The summed E-state index contributed by atoms with van der Waals surface area (Å²) < 4.78 is 0. The molecule has 2 heterocycles. The van der Waals surface area contributed by atoms with E-state index in [4.69, 9.17) is 28.9 Å². The highest BCUT2D eigenvalue weighted by molar-refractivity contribution is 6.36. The lowest BCUT2D eigenvalue weighted by Crippen LogP contribution is -2.49. The standard InChI is InChI=1S/C12H17Cl2N3/c1-8(15)11-4-2-3-5-17(11)12-10(14)6-9(13)7-16-12/h6-8,11H,2-5,15H2,1H3. The van der Waals surface area contributed by atoms with Gasteiger partial charge in [0.05, 0.1) is 10.0 Å². The summed E-state index contributed by atoms with van der Waals surface area (Å²) in [6, 6.07) is 2.16. The molecule has 1 fully saturated rings. The van der Waals surface area contributed by atoms with Crippen LogP contribution in [0.5, 0.6) is 0 Å². The molecule has 2 unspecified atom stereocenters. The van der Waals surface area contributed by atoms with Crippen LogP contribution in [0.4, 0.5) is 5.82 Å². The molecule has 0 spiro atoms. The fourth-order valence-corrected chi connectivity index (χ4v) is 2.87. The van der Waals surface area contributed by atoms with Crippen molar-refractivity contribution in [3.63, 3.8) is 0 Å². The number of pyridine rings is 1. The first-order valence-corrected chi connectivity index (χ1v) is 6.68. The number of anilines is 1. The van der Waals surface area contributed by atoms with Crippen molar-refractivity contribution in [3.8, 4) is 0 Å². The molecule has 2 rings (SSSR count). The van der Waals surface area contributed by atoms with E-state index < -0.39 is 0 Å². The minimum absolute atomic E-state index is 0.115. The Labute approximate surface area is 112 Å². The highest BCUT2D eigenvalue weighted by Crippen LogP contribution is 2.31. The van der Waals surface area contributed by atoms with Gasteiger partial charge < -0.3 is 10.6 Å². The molecule has 17 heavy (non-hydrogen) atoms. The molecular weight excluding hydrogens is 257 g/mol. The molecule has 1 aliphatic rings. The van der Waals surface area contributed by atoms with Gasteiger partial charge >= 0.3 is 0 Å². The van der Waals surface area contributed by atoms with Crippen molar-refractivity contribution in [1.82, 2.24) is 4.98 Å². The number of halogens is 2. The van der Waals surface area contributed by atoms with Gasteiger partial charge in [0.25, 0.3) is 0 Å². The predicted molar refractivity (Wildman–Crippen MR) is 72.9 cm³/mol. The maximum Gasteiger partial charge on any atom is 0.147 e. The lowest BCUT2D eigenvalue weighted by atomic mass is 9.97. The van der Waals surface area contributed by atoms with Gasteiger partial charge in [-0.3, -0.25) is 0 Å². The summed E-state index contributed by atoms with van der Waals surface area (Å²) in [6.45, 7) is 2.99. The molecule has 2 N–H and O–H groups in total. The molecule has 3 nitrogen and oxygen atoms in total. The number of nitrogens with two attached hydrogens (primary N) is 1. The van der Waals surface area contributed by atoms with Crippen molar-refractivity contribution in [3.05, 3.63) is 22.3 Å². The van der Waals surface area contributed by atoms with Crippen LogP contribution < -0.4 is 10.6 Å². The number of hydrogen-bond acceptors (Lipinski definition) is 3. The van der Waals surface area contributed by atoms with Crippen molar-refractivity contribution in [2.75, 3.05) is 11.4 Å². The molecule has 0 bridgehead atoms. The summed E-state index contributed by atoms with van der Waals surface area (Å²) in [4.78, 5) is 6.56. The normalized spacial score (nSPS) is 22.6. The lowest BCUT2D eigenvalue weighted by Gasteiger charge is -2.39. The predicted octanol–water partition coefficient (Wildman–Crippen LogP) is 3.09. The average Bonchev–Trinajstić information content (AvgIpc) is 2.29. The molecule has 0 radical (unpaired) electrons. The first-order chi connectivity index (χ1) is 8.09. The van der Waals surface area contributed by atoms with Gasteiger partial charge in [-0.1, -0.05) is 23.2 Å². The second kappa shape index (κ2) is 5.42. The van der Waals surface area contributed by atoms with Crippen LogP contribution in [0.1, 0.15) is 26.2 Å². The molecule has 94 valence electrons. The zero-order valence-corrected chi connectivity index (χ0v) is 11.4. The van der Waals surface area contributed by atoms with E-state index in [1.807, 2.05) is 6.92 Å². The van der Waals surface area contributed by atoms with E-state index >= 15 is 0 Å². The number of nitrogens with zero attached hydrogens (tertiary/aromatic N) is 2. The molecule has 1 saturated heterocycles. The largest absolute Gasteiger partial charge is 0.351 e. The van der Waals surface area contributed by atoms with Gasteiger partial charge in [0, 0.05) is 24.8 Å². The minimum atomic E-state index is 0.115. The zero-order chi connectivity index (χ0) is 12.4. The summed E-state index contributed by atoms with van der Waals surface area (Å²) in [5, 5.41) is 1.16. The Bertz CT molecular complexity index is 395. The van der Waals surface area contributed by atoms with Crippen molar-refractivity contribution in [1.29, 1.82) is 0 Å². The van der Waals surface area contributed by atoms with Gasteiger partial charge in [-0.2, -0.15) is 0 Å². The van der Waals surface area contributed by atoms with Crippen LogP contribution in [0.2, 0.25) is 10.0 Å². The Morgan fingerprint density at radius 2 is 2.24 bits per heavy atom. The molecule has 1 aliphatic heterocycles. The molecule has 1 aromatic heterocycles. The Balaban J connectivity index is 2.29. The fraction of sp³-hybridized carbons (Fsp3) is 0.583. The Morgan fingerprint density at radius 3 is 2.88 bits per heavy atom. The Hall–Kier alpha value is -0.510. The monoisotopic (exact) mass is 273 g/mol. The average molecular weight is 274 g/mol. The van der Waals surface area contributed by atoms with Crippen LogP contribution in [0.15, 0.2) is 12.3 Å². The maximum atomic E-state index is 6.20. The molecular formula is C12H17Cl2N3. The third kappa shape index (κ3) is 2.84. The van der Waals surface area contributed by atoms with Crippen molar-refractivity contribution in [2.24, 2.45) is 5.73 Å². The van der Waals surface area contributed by atoms with Crippen LogP contribution in [0, 0.1) is 0 Å². The molecule has 0 amide bonds. The first-order valence-electron chi connectivity index (χ1n) is 5.93. The summed E-state index contributed by atoms with van der Waals surface area (Å²) in [7, 11) is 0. The van der Waals surface area contributed by atoms with Crippen LogP contribution in [0.25, 0.3) is 0 Å². The summed E-state index contributed by atoms with van der Waals surface area (Å²) in [5.41, 5.74) is 6.04. The van der Waals surface area contributed by atoms with E-state index in [1.165, 1.54) is 6.42 Å². The number of rotatable bonds is 2. The van der Waals surface area contributed by atoms with Gasteiger partial charge in [0.1, 0.15) is 5.82 Å². The van der Waals surface area contributed by atoms with Crippen LogP contribution in [0.3, 0.4) is 0 Å². The zero-order valence-electron chi connectivity index (χ0n) is 9.87. The van der Waals surface area contributed by atoms with Crippen LogP contribution in [-0.2, 0) is 0 Å². The van der Waals surface area contributed by atoms with Crippen LogP contribution in [-0.4, -0.2) is 23.6 Å². The topological polar surface area (TPSA) is 42.1 Å². The molecule has 1 aromatic rings. The molecule has 0 aliphatic carbocycles. The third-order valence-electron chi connectivity index (χ3n) is 3.22. The summed E-state index contributed by atoms with van der Waals surface area (Å²) in [6.07, 6.45) is 5.10. The fourth-order valence-electron chi connectivity index (χ4n) is 2.39. The minimum Gasteiger partial charge on any atom is -0.351 e. The van der Waals surface area contributed by atoms with Gasteiger partial charge in [-0.05, 0) is 32.3 Å². The quantitative estimate of drug-likeness (QED) is 0.901. The van der Waals surface area contributed by atoms with Gasteiger partial charge in [-0.15, -0.1) is 0 Å². The summed E-state index contributed by atoms with van der Waals surface area (Å²) >= 11 is 12.1. The Morgan fingerprint density at radius 1 is 1.47 bits per heavy atom. The highest BCUT2D eigenvalue weighted by Gasteiger charge is 2.27. The van der Waals surface area contributed by atoms with E-state index in [0.717, 1.165) is 25.2 Å². The SMILES string of the molecule is CC(N)C1CCCCN1c1ncc(Cl)cc1Cl. The maximum absolute atomic E-state index is 6.20. The van der Waals surface area contributed by atoms with E-state index in [9.17, 15) is 0 Å². The number of piperidine rings is 1. The van der Waals surface area contributed by atoms with E-state index in [1.54, 1.807) is 12.3 Å². The number of aromatic nitrogens is 1. The van der Waals surface area contributed by atoms with Crippen molar-refractivity contribution in [2.45, 2.75) is 38.3 Å². The lowest BCUT2D eigenvalue weighted by molar-refractivity contribution is 0.411. The van der Waals surface area contributed by atoms with E-state index in [0.29, 0.717) is 16.1 Å². The molecule has 2 atom stereocenters. The molecule has 0 aromatic carbocycles. The molecule has 5 heteroatoms. The van der Waals surface area contributed by atoms with E-state index in [2.05, 4.69) is 9.88 Å². The van der Waals surface area contributed by atoms with Crippen LogP contribution >= 0.6 is 23.2 Å². The van der Waals surface area contributed by atoms with Crippen molar-refractivity contribution < 1.29 is 0 Å². The smallest absolute Gasteiger partial charge is 0.147 e. The summed E-state index contributed by atoms with van der Waals surface area (Å²) in [5.74, 6) is 0.804. The van der Waals surface area contributed by atoms with Crippen molar-refractivity contribution >= 4 is 29.0 Å².